The SMILES string of the molecule is O=C(c1cncc(Br)c1)N1CCCC(n2cnc3ccccc3c2=O)C1. The summed E-state index contributed by atoms with van der Waals surface area (Å²) in [5.74, 6) is -0.0645. The molecule has 1 saturated heterocycles. The van der Waals surface area contributed by atoms with Crippen molar-refractivity contribution in [2.45, 2.75) is 18.9 Å². The van der Waals surface area contributed by atoms with Gasteiger partial charge in [-0.15, -0.1) is 0 Å². The minimum Gasteiger partial charge on any atom is -0.337 e. The van der Waals surface area contributed by atoms with E-state index in [0.29, 0.717) is 29.6 Å². The summed E-state index contributed by atoms with van der Waals surface area (Å²) in [5, 5.41) is 0.606. The van der Waals surface area contributed by atoms with Crippen LogP contribution in [0.5, 0.6) is 0 Å². The van der Waals surface area contributed by atoms with E-state index in [1.165, 1.54) is 0 Å². The lowest BCUT2D eigenvalue weighted by Gasteiger charge is -2.33. The highest BCUT2D eigenvalue weighted by molar-refractivity contribution is 9.10. The fraction of sp³-hybridized carbons (Fsp3) is 0.263. The van der Waals surface area contributed by atoms with Crippen molar-refractivity contribution in [2.75, 3.05) is 13.1 Å². The van der Waals surface area contributed by atoms with Gasteiger partial charge in [-0.1, -0.05) is 12.1 Å². The molecule has 0 aliphatic carbocycles. The van der Waals surface area contributed by atoms with Crippen LogP contribution in [-0.4, -0.2) is 38.4 Å². The normalized spacial score (nSPS) is 17.4. The first kappa shape index (κ1) is 16.9. The van der Waals surface area contributed by atoms with Gasteiger partial charge < -0.3 is 4.90 Å². The first-order chi connectivity index (χ1) is 12.6. The quantitative estimate of drug-likeness (QED) is 0.648. The second-order valence-electron chi connectivity index (χ2n) is 6.41. The minimum absolute atomic E-state index is 0.0565. The number of hydrogen-bond acceptors (Lipinski definition) is 4. The van der Waals surface area contributed by atoms with E-state index in [1.54, 1.807) is 40.3 Å². The number of amides is 1. The molecule has 26 heavy (non-hydrogen) atoms. The van der Waals surface area contributed by atoms with E-state index in [0.717, 1.165) is 17.3 Å². The lowest BCUT2D eigenvalue weighted by molar-refractivity contribution is 0.0677. The maximum Gasteiger partial charge on any atom is 0.261 e. The number of carbonyl (C=O) groups is 1. The zero-order chi connectivity index (χ0) is 18.1. The Morgan fingerprint density at radius 1 is 1.23 bits per heavy atom. The first-order valence-electron chi connectivity index (χ1n) is 8.49. The number of nitrogens with zero attached hydrogens (tertiary/aromatic N) is 4. The highest BCUT2D eigenvalue weighted by Crippen LogP contribution is 2.23. The van der Waals surface area contributed by atoms with Crippen molar-refractivity contribution < 1.29 is 4.79 Å². The molecular formula is C19H17BrN4O2. The monoisotopic (exact) mass is 412 g/mol. The molecule has 6 nitrogen and oxygen atoms in total. The molecule has 1 aromatic carbocycles. The number of para-hydroxylation sites is 1. The van der Waals surface area contributed by atoms with Crippen LogP contribution in [0.4, 0.5) is 0 Å². The van der Waals surface area contributed by atoms with E-state index in [-0.39, 0.29) is 17.5 Å². The number of hydrogen-bond donors (Lipinski definition) is 0. The molecule has 0 spiro atoms. The Morgan fingerprint density at radius 2 is 2.08 bits per heavy atom. The van der Waals surface area contributed by atoms with E-state index in [9.17, 15) is 9.59 Å². The van der Waals surface area contributed by atoms with Crippen LogP contribution in [0.2, 0.25) is 0 Å². The Balaban J connectivity index is 1.62. The molecule has 1 fully saturated rings. The van der Waals surface area contributed by atoms with Gasteiger partial charge in [-0.2, -0.15) is 0 Å². The molecule has 1 aliphatic heterocycles. The Labute approximate surface area is 158 Å². The molecule has 1 aliphatic rings. The summed E-state index contributed by atoms with van der Waals surface area (Å²) in [6.45, 7) is 1.17. The van der Waals surface area contributed by atoms with Gasteiger partial charge in [0.05, 0.1) is 28.8 Å². The molecule has 0 bridgehead atoms. The third kappa shape index (κ3) is 3.14. The number of pyridine rings is 1. The molecule has 0 radical (unpaired) electrons. The zero-order valence-corrected chi connectivity index (χ0v) is 15.6. The molecule has 0 saturated carbocycles. The van der Waals surface area contributed by atoms with Crippen LogP contribution in [0.25, 0.3) is 10.9 Å². The van der Waals surface area contributed by atoms with Crippen LogP contribution in [0.15, 0.2) is 58.3 Å². The van der Waals surface area contributed by atoms with Crippen LogP contribution in [0.3, 0.4) is 0 Å². The van der Waals surface area contributed by atoms with Gasteiger partial charge in [0.15, 0.2) is 0 Å². The maximum atomic E-state index is 12.8. The molecule has 3 aromatic rings. The number of benzene rings is 1. The summed E-state index contributed by atoms with van der Waals surface area (Å²) in [6, 6.07) is 9.03. The van der Waals surface area contributed by atoms with E-state index in [2.05, 4.69) is 25.9 Å². The van der Waals surface area contributed by atoms with Crippen molar-refractivity contribution in [1.82, 2.24) is 19.4 Å². The number of carbonyl (C=O) groups excluding carboxylic acids is 1. The summed E-state index contributed by atoms with van der Waals surface area (Å²) in [6.07, 6.45) is 6.51. The van der Waals surface area contributed by atoms with Gasteiger partial charge in [0.25, 0.3) is 11.5 Å². The topological polar surface area (TPSA) is 68.1 Å². The molecule has 7 heteroatoms. The van der Waals surface area contributed by atoms with Crippen LogP contribution in [0, 0.1) is 0 Å². The van der Waals surface area contributed by atoms with Crippen molar-refractivity contribution >= 4 is 32.7 Å². The standard InChI is InChI=1S/C19H17BrN4O2/c20-14-8-13(9-21-10-14)18(25)23-7-3-4-15(11-23)24-12-22-17-6-2-1-5-16(17)19(24)26/h1-2,5-6,8-10,12,15H,3-4,7,11H2. The molecule has 1 atom stereocenters. The lowest BCUT2D eigenvalue weighted by Crippen LogP contribution is -2.43. The lowest BCUT2D eigenvalue weighted by atomic mass is 10.0. The summed E-state index contributed by atoms with van der Waals surface area (Å²) in [5.41, 5.74) is 1.18. The van der Waals surface area contributed by atoms with Crippen LogP contribution in [-0.2, 0) is 0 Å². The van der Waals surface area contributed by atoms with E-state index in [1.807, 2.05) is 18.2 Å². The molecular weight excluding hydrogens is 396 g/mol. The fourth-order valence-electron chi connectivity index (χ4n) is 3.42. The highest BCUT2D eigenvalue weighted by Gasteiger charge is 2.26. The second-order valence-corrected chi connectivity index (χ2v) is 7.33. The first-order valence-corrected chi connectivity index (χ1v) is 9.28. The van der Waals surface area contributed by atoms with E-state index < -0.39 is 0 Å². The van der Waals surface area contributed by atoms with Gasteiger partial charge in [-0.25, -0.2) is 4.98 Å². The number of aromatic nitrogens is 3. The predicted molar refractivity (Wildman–Crippen MR) is 102 cm³/mol. The Hall–Kier alpha value is -2.54. The summed E-state index contributed by atoms with van der Waals surface area (Å²) in [7, 11) is 0. The van der Waals surface area contributed by atoms with Crippen molar-refractivity contribution in [3.63, 3.8) is 0 Å². The van der Waals surface area contributed by atoms with Crippen LogP contribution < -0.4 is 5.56 Å². The van der Waals surface area contributed by atoms with Gasteiger partial charge in [-0.3, -0.25) is 19.1 Å². The van der Waals surface area contributed by atoms with Crippen LogP contribution in [0.1, 0.15) is 29.2 Å². The van der Waals surface area contributed by atoms with Crippen LogP contribution >= 0.6 is 15.9 Å². The summed E-state index contributed by atoms with van der Waals surface area (Å²) in [4.78, 5) is 35.9. The molecule has 2 aromatic heterocycles. The van der Waals surface area contributed by atoms with Gasteiger partial charge in [-0.05, 0) is 47.0 Å². The van der Waals surface area contributed by atoms with E-state index >= 15 is 0 Å². The third-order valence-electron chi connectivity index (χ3n) is 4.72. The van der Waals surface area contributed by atoms with Gasteiger partial charge in [0.1, 0.15) is 0 Å². The molecule has 3 heterocycles. The van der Waals surface area contributed by atoms with Gasteiger partial charge >= 0.3 is 0 Å². The number of halogens is 1. The molecule has 4 rings (SSSR count). The van der Waals surface area contributed by atoms with Crippen molar-refractivity contribution in [3.05, 3.63) is 69.4 Å². The molecule has 132 valence electrons. The van der Waals surface area contributed by atoms with Gasteiger partial charge in [0.2, 0.25) is 0 Å². The highest BCUT2D eigenvalue weighted by atomic mass is 79.9. The summed E-state index contributed by atoms with van der Waals surface area (Å²) < 4.78 is 2.44. The Morgan fingerprint density at radius 3 is 2.92 bits per heavy atom. The average Bonchev–Trinajstić information content (AvgIpc) is 2.68. The third-order valence-corrected chi connectivity index (χ3v) is 5.15. The number of rotatable bonds is 2. The van der Waals surface area contributed by atoms with E-state index in [4.69, 9.17) is 0 Å². The molecule has 1 amide bonds. The number of likely N-dealkylation sites (tertiary alicyclic amines) is 1. The minimum atomic E-state index is -0.0718. The molecule has 1 unspecified atom stereocenters. The predicted octanol–water partition coefficient (Wildman–Crippen LogP) is 3.03. The largest absolute Gasteiger partial charge is 0.337 e. The molecule has 0 N–H and O–H groups in total. The average molecular weight is 413 g/mol. The van der Waals surface area contributed by atoms with Gasteiger partial charge in [0, 0.05) is 30.0 Å². The number of piperidine rings is 1. The summed E-state index contributed by atoms with van der Waals surface area (Å²) >= 11 is 3.35. The second kappa shape index (κ2) is 6.99. The Kier molecular flexibility index (Phi) is 4.55. The maximum absolute atomic E-state index is 12.8. The number of fused-ring (bicyclic) bond motifs is 1. The smallest absolute Gasteiger partial charge is 0.261 e. The zero-order valence-electron chi connectivity index (χ0n) is 14.0. The fourth-order valence-corrected chi connectivity index (χ4v) is 3.79. The van der Waals surface area contributed by atoms with Crippen molar-refractivity contribution in [1.29, 1.82) is 0 Å². The van der Waals surface area contributed by atoms with Crippen molar-refractivity contribution in [3.8, 4) is 0 Å². The van der Waals surface area contributed by atoms with Crippen molar-refractivity contribution in [2.24, 2.45) is 0 Å². The Bertz CT molecular complexity index is 1030.